The zero-order chi connectivity index (χ0) is 18.0. The van der Waals surface area contributed by atoms with Crippen molar-refractivity contribution in [3.63, 3.8) is 0 Å². The molecule has 0 aliphatic heterocycles. The van der Waals surface area contributed by atoms with E-state index in [0.717, 1.165) is 0 Å². The lowest BCUT2D eigenvalue weighted by Gasteiger charge is -2.11. The predicted octanol–water partition coefficient (Wildman–Crippen LogP) is 4.38. The molecule has 0 saturated heterocycles. The summed E-state index contributed by atoms with van der Waals surface area (Å²) in [6.07, 6.45) is 0.484. The third-order valence-electron chi connectivity index (χ3n) is 3.51. The smallest absolute Gasteiger partial charge is 0.422 e. The molecular formula is C17H12Cl3NO4. The van der Waals surface area contributed by atoms with Crippen LogP contribution in [0.4, 0.5) is 0 Å². The third kappa shape index (κ3) is 4.00. The van der Waals surface area contributed by atoms with Crippen molar-refractivity contribution in [1.82, 2.24) is 4.57 Å². The highest BCUT2D eigenvalue weighted by atomic mass is 35.5. The number of aromatic nitrogens is 1. The lowest BCUT2D eigenvalue weighted by Crippen LogP contribution is -2.26. The van der Waals surface area contributed by atoms with Crippen LogP contribution in [-0.4, -0.2) is 11.2 Å². The number of halogens is 3. The Morgan fingerprint density at radius 3 is 2.48 bits per heavy atom. The van der Waals surface area contributed by atoms with Crippen molar-refractivity contribution >= 4 is 45.7 Å². The summed E-state index contributed by atoms with van der Waals surface area (Å²) in [7, 11) is 0. The first-order valence-electron chi connectivity index (χ1n) is 7.37. The molecule has 0 atom stereocenters. The highest BCUT2D eigenvalue weighted by molar-refractivity contribution is 6.35. The van der Waals surface area contributed by atoms with Crippen molar-refractivity contribution in [3.05, 3.63) is 72.4 Å². The fourth-order valence-electron chi connectivity index (χ4n) is 2.46. The van der Waals surface area contributed by atoms with Crippen molar-refractivity contribution in [2.45, 2.75) is 13.0 Å². The van der Waals surface area contributed by atoms with Crippen LogP contribution in [0.3, 0.4) is 0 Å². The van der Waals surface area contributed by atoms with Crippen molar-refractivity contribution in [3.8, 4) is 5.75 Å². The van der Waals surface area contributed by atoms with Gasteiger partial charge in [-0.25, -0.2) is 9.59 Å². The molecule has 130 valence electrons. The molecule has 1 heterocycles. The number of aryl methyl sites for hydroxylation is 1. The molecule has 0 spiro atoms. The van der Waals surface area contributed by atoms with Crippen molar-refractivity contribution in [1.29, 1.82) is 0 Å². The zero-order valence-corrected chi connectivity index (χ0v) is 15.1. The van der Waals surface area contributed by atoms with Crippen LogP contribution in [0, 0.1) is 0 Å². The lowest BCUT2D eigenvalue weighted by molar-refractivity contribution is 0.296. The molecule has 0 bridgehead atoms. The van der Waals surface area contributed by atoms with Gasteiger partial charge in [-0.05, 0) is 36.8 Å². The van der Waals surface area contributed by atoms with Crippen LogP contribution in [0.1, 0.15) is 6.42 Å². The highest BCUT2D eigenvalue weighted by Crippen LogP contribution is 2.24. The molecule has 0 fully saturated rings. The molecule has 1 aromatic heterocycles. The van der Waals surface area contributed by atoms with Crippen LogP contribution in [0.15, 0.2) is 50.4 Å². The van der Waals surface area contributed by atoms with E-state index in [1.54, 1.807) is 36.4 Å². The molecule has 0 amide bonds. The molecule has 2 aromatic carbocycles. The number of nitrogens with zero attached hydrogens (tertiary/aromatic N) is 1. The number of ether oxygens (including phenoxy) is 1. The normalized spacial score (nSPS) is 11.0. The van der Waals surface area contributed by atoms with E-state index in [0.29, 0.717) is 39.4 Å². The number of fused-ring (bicyclic) bond motifs is 1. The fraction of sp³-hybridized carbons (Fsp3) is 0.176. The molecule has 25 heavy (non-hydrogen) atoms. The van der Waals surface area contributed by atoms with Crippen LogP contribution in [0.2, 0.25) is 15.1 Å². The monoisotopic (exact) mass is 399 g/mol. The van der Waals surface area contributed by atoms with E-state index in [4.69, 9.17) is 44.0 Å². The first-order chi connectivity index (χ1) is 12.0. The lowest BCUT2D eigenvalue weighted by atomic mass is 10.2. The molecule has 0 N–H and O–H groups in total. The van der Waals surface area contributed by atoms with Gasteiger partial charge < -0.3 is 9.15 Å². The summed E-state index contributed by atoms with van der Waals surface area (Å²) < 4.78 is 11.7. The average Bonchev–Trinajstić information content (AvgIpc) is 2.53. The first kappa shape index (κ1) is 17.9. The Kier molecular flexibility index (Phi) is 5.37. The van der Waals surface area contributed by atoms with Crippen LogP contribution in [-0.2, 0) is 6.54 Å². The minimum atomic E-state index is -0.753. The van der Waals surface area contributed by atoms with E-state index in [1.165, 1.54) is 4.57 Å². The molecule has 5 nitrogen and oxygen atoms in total. The summed E-state index contributed by atoms with van der Waals surface area (Å²) in [5.41, 5.74) is -0.347. The standard InChI is InChI=1S/C17H12Cl3NO4/c18-10-7-11(19)9-12(8-10)24-6-2-5-21-15-13(3-1-4-14(15)20)16(22)25-17(21)23/h1,3-4,7-9H,2,5-6H2. The first-order valence-corrected chi connectivity index (χ1v) is 8.50. The van der Waals surface area contributed by atoms with E-state index < -0.39 is 11.4 Å². The van der Waals surface area contributed by atoms with Gasteiger partial charge in [0.1, 0.15) is 5.75 Å². The Morgan fingerprint density at radius 1 is 1.04 bits per heavy atom. The highest BCUT2D eigenvalue weighted by Gasteiger charge is 2.12. The van der Waals surface area contributed by atoms with Crippen molar-refractivity contribution in [2.24, 2.45) is 0 Å². The summed E-state index contributed by atoms with van der Waals surface area (Å²) >= 11 is 18.0. The third-order valence-corrected chi connectivity index (χ3v) is 4.25. The van der Waals surface area contributed by atoms with E-state index in [9.17, 15) is 9.59 Å². The van der Waals surface area contributed by atoms with Gasteiger partial charge >= 0.3 is 11.4 Å². The number of benzene rings is 2. The maximum Gasteiger partial charge on any atom is 0.422 e. The van der Waals surface area contributed by atoms with Gasteiger partial charge in [0.25, 0.3) is 0 Å². The predicted molar refractivity (Wildman–Crippen MR) is 98.3 cm³/mol. The zero-order valence-electron chi connectivity index (χ0n) is 12.8. The van der Waals surface area contributed by atoms with Crippen LogP contribution >= 0.6 is 34.8 Å². The second-order valence-corrected chi connectivity index (χ2v) is 6.53. The molecule has 0 aliphatic rings. The van der Waals surface area contributed by atoms with Gasteiger partial charge in [-0.3, -0.25) is 4.57 Å². The summed E-state index contributed by atoms with van der Waals surface area (Å²) in [6, 6.07) is 9.70. The van der Waals surface area contributed by atoms with Gasteiger partial charge in [0.05, 0.1) is 22.5 Å². The minimum absolute atomic E-state index is 0.259. The van der Waals surface area contributed by atoms with E-state index in [-0.39, 0.29) is 11.9 Å². The molecule has 3 rings (SSSR count). The van der Waals surface area contributed by atoms with Crippen LogP contribution in [0.25, 0.3) is 10.9 Å². The van der Waals surface area contributed by atoms with Gasteiger partial charge in [0, 0.05) is 16.6 Å². The number of hydrogen-bond acceptors (Lipinski definition) is 4. The second-order valence-electron chi connectivity index (χ2n) is 5.25. The topological polar surface area (TPSA) is 61.4 Å². The summed E-state index contributed by atoms with van der Waals surface area (Å²) in [5.74, 6) is -0.219. The SMILES string of the molecule is O=c1oc(=O)n(CCCOc2cc(Cl)cc(Cl)c2)c2c(Cl)cccc12. The summed E-state index contributed by atoms with van der Waals surface area (Å²) in [4.78, 5) is 23.8. The number of hydrogen-bond donors (Lipinski definition) is 0. The maximum atomic E-state index is 12.0. The van der Waals surface area contributed by atoms with Crippen LogP contribution < -0.4 is 16.1 Å². The van der Waals surface area contributed by atoms with E-state index in [1.807, 2.05) is 0 Å². The Hall–Kier alpha value is -1.95. The number of para-hydroxylation sites is 1. The molecule has 3 aromatic rings. The molecule has 0 unspecified atom stereocenters. The van der Waals surface area contributed by atoms with Gasteiger partial charge in [0.15, 0.2) is 0 Å². The van der Waals surface area contributed by atoms with Gasteiger partial charge in [-0.2, -0.15) is 0 Å². The van der Waals surface area contributed by atoms with Gasteiger partial charge in [0.2, 0.25) is 0 Å². The molecule has 0 radical (unpaired) electrons. The maximum absolute atomic E-state index is 12.0. The molecular weight excluding hydrogens is 389 g/mol. The quantitative estimate of drug-likeness (QED) is 0.596. The summed E-state index contributed by atoms with van der Waals surface area (Å²) in [6.45, 7) is 0.589. The Bertz CT molecular complexity index is 1020. The Morgan fingerprint density at radius 2 is 1.76 bits per heavy atom. The van der Waals surface area contributed by atoms with Gasteiger partial charge in [-0.15, -0.1) is 0 Å². The van der Waals surface area contributed by atoms with Gasteiger partial charge in [-0.1, -0.05) is 40.9 Å². The average molecular weight is 401 g/mol. The second kappa shape index (κ2) is 7.52. The number of rotatable bonds is 5. The minimum Gasteiger partial charge on any atom is -0.493 e. The van der Waals surface area contributed by atoms with E-state index in [2.05, 4.69) is 0 Å². The Balaban J connectivity index is 1.78. The largest absolute Gasteiger partial charge is 0.493 e. The van der Waals surface area contributed by atoms with Crippen LogP contribution in [0.5, 0.6) is 5.75 Å². The fourth-order valence-corrected chi connectivity index (χ4v) is 3.25. The molecule has 0 aliphatic carbocycles. The Labute approximate surface area is 157 Å². The van der Waals surface area contributed by atoms with Crippen molar-refractivity contribution < 1.29 is 9.15 Å². The molecule has 8 heteroatoms. The summed E-state index contributed by atoms with van der Waals surface area (Å²) in [5, 5.41) is 1.52. The van der Waals surface area contributed by atoms with E-state index >= 15 is 0 Å². The molecule has 0 saturated carbocycles. The van der Waals surface area contributed by atoms with Crippen molar-refractivity contribution in [2.75, 3.05) is 6.61 Å².